The van der Waals surface area contributed by atoms with Crippen LogP contribution in [0, 0.1) is 0 Å². The van der Waals surface area contributed by atoms with Gasteiger partial charge in [-0.15, -0.1) is 0 Å². The summed E-state index contributed by atoms with van der Waals surface area (Å²) in [6.07, 6.45) is -4.34. The minimum Gasteiger partial charge on any atom is -0.489 e. The molecular weight excluding hydrogens is 339 g/mol. The minimum absolute atomic E-state index is 0.188. The van der Waals surface area contributed by atoms with E-state index in [9.17, 15) is 18.0 Å². The number of benzene rings is 2. The number of halogens is 3. The van der Waals surface area contributed by atoms with Gasteiger partial charge in [0.05, 0.1) is 11.3 Å². The number of carbonyl (C=O) groups is 1. The molecule has 0 aromatic heterocycles. The van der Waals surface area contributed by atoms with E-state index in [1.807, 2.05) is 0 Å². The first-order valence-electron chi connectivity index (χ1n) is 7.25. The standard InChI is InChI=1S/C17H14F3NO2S/c18-17(19,20)14-3-1-2-4-15(14)21-16(22)11-5-7-12(8-6-11)23-13-9-24-10-13/h1-8,13H,9-10H2,(H,21,22). The van der Waals surface area contributed by atoms with Gasteiger partial charge in [0, 0.05) is 17.1 Å². The van der Waals surface area contributed by atoms with Crippen LogP contribution in [0.3, 0.4) is 0 Å². The Morgan fingerprint density at radius 1 is 1.08 bits per heavy atom. The van der Waals surface area contributed by atoms with E-state index in [0.29, 0.717) is 5.75 Å². The van der Waals surface area contributed by atoms with Crippen molar-refractivity contribution in [3.8, 4) is 5.75 Å². The molecule has 3 rings (SSSR count). The predicted molar refractivity (Wildman–Crippen MR) is 87.6 cm³/mol. The summed E-state index contributed by atoms with van der Waals surface area (Å²) in [5.41, 5.74) is -0.870. The van der Waals surface area contributed by atoms with Crippen LogP contribution >= 0.6 is 11.8 Å². The summed E-state index contributed by atoms with van der Waals surface area (Å²) in [5, 5.41) is 2.31. The predicted octanol–water partition coefficient (Wildman–Crippen LogP) is 4.45. The zero-order valence-electron chi connectivity index (χ0n) is 12.5. The van der Waals surface area contributed by atoms with Crippen molar-refractivity contribution in [2.75, 3.05) is 16.8 Å². The van der Waals surface area contributed by atoms with Gasteiger partial charge in [-0.2, -0.15) is 24.9 Å². The number of thioether (sulfide) groups is 1. The van der Waals surface area contributed by atoms with Crippen LogP contribution in [-0.2, 0) is 6.18 Å². The van der Waals surface area contributed by atoms with Crippen LogP contribution in [0.5, 0.6) is 5.75 Å². The lowest BCUT2D eigenvalue weighted by atomic mass is 10.1. The number of para-hydroxylation sites is 1. The van der Waals surface area contributed by atoms with Crippen molar-refractivity contribution >= 4 is 23.4 Å². The number of rotatable bonds is 4. The van der Waals surface area contributed by atoms with E-state index in [1.54, 1.807) is 23.9 Å². The lowest BCUT2D eigenvalue weighted by Gasteiger charge is -2.25. The van der Waals surface area contributed by atoms with Gasteiger partial charge in [0.25, 0.3) is 5.91 Å². The lowest BCUT2D eigenvalue weighted by molar-refractivity contribution is -0.136. The Balaban J connectivity index is 1.71. The molecule has 2 aromatic rings. The third kappa shape index (κ3) is 3.84. The molecule has 0 aliphatic carbocycles. The highest BCUT2D eigenvalue weighted by Crippen LogP contribution is 2.34. The second-order valence-electron chi connectivity index (χ2n) is 5.30. The van der Waals surface area contributed by atoms with Crippen LogP contribution in [-0.4, -0.2) is 23.5 Å². The maximum Gasteiger partial charge on any atom is 0.418 e. The van der Waals surface area contributed by atoms with E-state index in [2.05, 4.69) is 5.32 Å². The molecule has 3 nitrogen and oxygen atoms in total. The highest BCUT2D eigenvalue weighted by Gasteiger charge is 2.33. The monoisotopic (exact) mass is 353 g/mol. The molecule has 1 aliphatic heterocycles. The van der Waals surface area contributed by atoms with Crippen molar-refractivity contribution in [1.29, 1.82) is 0 Å². The van der Waals surface area contributed by atoms with Gasteiger partial charge in [-0.05, 0) is 36.4 Å². The first-order valence-corrected chi connectivity index (χ1v) is 8.41. The van der Waals surface area contributed by atoms with Gasteiger partial charge in [-0.1, -0.05) is 12.1 Å². The number of carbonyl (C=O) groups excluding carboxylic acids is 1. The topological polar surface area (TPSA) is 38.3 Å². The first-order chi connectivity index (χ1) is 11.4. The Bertz CT molecular complexity index is 727. The number of alkyl halides is 3. The number of ether oxygens (including phenoxy) is 1. The second-order valence-corrected chi connectivity index (χ2v) is 6.37. The van der Waals surface area contributed by atoms with Gasteiger partial charge in [0.15, 0.2) is 0 Å². The molecule has 24 heavy (non-hydrogen) atoms. The summed E-state index contributed by atoms with van der Waals surface area (Å²) in [7, 11) is 0. The Hall–Kier alpha value is -2.15. The van der Waals surface area contributed by atoms with Gasteiger partial charge >= 0.3 is 6.18 Å². The van der Waals surface area contributed by atoms with Crippen molar-refractivity contribution in [2.45, 2.75) is 12.3 Å². The average molecular weight is 353 g/mol. The van der Waals surface area contributed by atoms with Crippen molar-refractivity contribution in [3.63, 3.8) is 0 Å². The Morgan fingerprint density at radius 2 is 1.75 bits per heavy atom. The molecule has 1 heterocycles. The molecule has 1 amide bonds. The number of hydrogen-bond acceptors (Lipinski definition) is 3. The molecule has 0 spiro atoms. The normalized spacial score (nSPS) is 14.8. The molecule has 1 N–H and O–H groups in total. The highest BCUT2D eigenvalue weighted by molar-refractivity contribution is 8.00. The summed E-state index contributed by atoms with van der Waals surface area (Å²) >= 11 is 1.80. The van der Waals surface area contributed by atoms with Crippen molar-refractivity contribution in [2.24, 2.45) is 0 Å². The average Bonchev–Trinajstić information content (AvgIpc) is 2.51. The fraction of sp³-hybridized carbons (Fsp3) is 0.235. The van der Waals surface area contributed by atoms with E-state index < -0.39 is 17.6 Å². The maximum absolute atomic E-state index is 12.9. The van der Waals surface area contributed by atoms with Crippen molar-refractivity contribution < 1.29 is 22.7 Å². The van der Waals surface area contributed by atoms with Crippen LogP contribution < -0.4 is 10.1 Å². The quantitative estimate of drug-likeness (QED) is 0.882. The maximum atomic E-state index is 12.9. The zero-order valence-corrected chi connectivity index (χ0v) is 13.3. The zero-order chi connectivity index (χ0) is 17.2. The fourth-order valence-electron chi connectivity index (χ4n) is 2.19. The summed E-state index contributed by atoms with van der Waals surface area (Å²) in [4.78, 5) is 12.2. The van der Waals surface area contributed by atoms with Crippen LogP contribution in [0.15, 0.2) is 48.5 Å². The molecule has 0 radical (unpaired) electrons. The SMILES string of the molecule is O=C(Nc1ccccc1C(F)(F)F)c1ccc(OC2CSC2)cc1. The van der Waals surface area contributed by atoms with Gasteiger partial charge in [0.1, 0.15) is 11.9 Å². The molecule has 0 bridgehead atoms. The molecule has 1 saturated heterocycles. The van der Waals surface area contributed by atoms with E-state index in [-0.39, 0.29) is 17.4 Å². The summed E-state index contributed by atoms with van der Waals surface area (Å²) in [6, 6.07) is 11.2. The molecule has 7 heteroatoms. The van der Waals surface area contributed by atoms with Crippen LogP contribution in [0.2, 0.25) is 0 Å². The smallest absolute Gasteiger partial charge is 0.418 e. The minimum atomic E-state index is -4.53. The van der Waals surface area contributed by atoms with E-state index in [1.165, 1.54) is 30.3 Å². The Labute approximate surface area is 141 Å². The van der Waals surface area contributed by atoms with E-state index in [4.69, 9.17) is 4.74 Å². The molecule has 126 valence electrons. The third-order valence-corrected chi connectivity index (χ3v) is 4.72. The van der Waals surface area contributed by atoms with Crippen LogP contribution in [0.25, 0.3) is 0 Å². The molecule has 0 unspecified atom stereocenters. The molecule has 0 saturated carbocycles. The highest BCUT2D eigenvalue weighted by atomic mass is 32.2. The second kappa shape index (κ2) is 6.76. The van der Waals surface area contributed by atoms with E-state index in [0.717, 1.165) is 17.6 Å². The van der Waals surface area contributed by atoms with Crippen LogP contribution in [0.4, 0.5) is 18.9 Å². The lowest BCUT2D eigenvalue weighted by Crippen LogP contribution is -2.31. The number of amides is 1. The largest absolute Gasteiger partial charge is 0.489 e. The molecule has 0 atom stereocenters. The van der Waals surface area contributed by atoms with Crippen molar-refractivity contribution in [3.05, 3.63) is 59.7 Å². The molecule has 1 aliphatic rings. The molecule has 1 fully saturated rings. The number of hydrogen-bond donors (Lipinski definition) is 1. The fourth-order valence-corrected chi connectivity index (χ4v) is 2.76. The Kier molecular flexibility index (Phi) is 4.71. The number of anilines is 1. The van der Waals surface area contributed by atoms with Crippen LogP contribution in [0.1, 0.15) is 15.9 Å². The van der Waals surface area contributed by atoms with Gasteiger partial charge in [0.2, 0.25) is 0 Å². The van der Waals surface area contributed by atoms with Gasteiger partial charge in [-0.3, -0.25) is 4.79 Å². The molecule has 2 aromatic carbocycles. The molecular formula is C17H14F3NO2S. The number of nitrogens with one attached hydrogen (secondary N) is 1. The first kappa shape index (κ1) is 16.7. The van der Waals surface area contributed by atoms with Crippen molar-refractivity contribution in [1.82, 2.24) is 0 Å². The third-order valence-electron chi connectivity index (χ3n) is 3.51. The Morgan fingerprint density at radius 3 is 2.33 bits per heavy atom. The van der Waals surface area contributed by atoms with Gasteiger partial charge < -0.3 is 10.1 Å². The summed E-state index contributed by atoms with van der Waals surface area (Å²) in [6.45, 7) is 0. The van der Waals surface area contributed by atoms with E-state index >= 15 is 0 Å². The summed E-state index contributed by atoms with van der Waals surface area (Å²) in [5.74, 6) is 1.93. The summed E-state index contributed by atoms with van der Waals surface area (Å²) < 4.78 is 44.5. The van der Waals surface area contributed by atoms with Gasteiger partial charge in [-0.25, -0.2) is 0 Å².